The van der Waals surface area contributed by atoms with E-state index >= 15 is 0 Å². The number of hydrogen-bond donors (Lipinski definition) is 0. The molecule has 12 aromatic carbocycles. The number of benzene rings is 12. The van der Waals surface area contributed by atoms with Crippen molar-refractivity contribution >= 4 is 142 Å². The van der Waals surface area contributed by atoms with E-state index in [1.165, 1.54) is 132 Å². The number of aromatic nitrogens is 1. The number of fused-ring (bicyclic) bond motifs is 12. The maximum atomic E-state index is 2.62. The Hall–Kier alpha value is -8.69. The summed E-state index contributed by atoms with van der Waals surface area (Å²) in [6, 6.07) is 110. The lowest BCUT2D eigenvalue weighted by Crippen LogP contribution is -2.74. The lowest BCUT2D eigenvalue weighted by Gasteiger charge is -2.35. The molecule has 15 aromatic rings. The van der Waals surface area contributed by atoms with Gasteiger partial charge in [0.2, 0.25) is 0 Å². The minimum absolute atomic E-state index is 0.128. The summed E-state index contributed by atoms with van der Waals surface area (Å²) in [7, 11) is -6.09. The van der Waals surface area contributed by atoms with E-state index < -0.39 is 16.1 Å². The zero-order valence-corrected chi connectivity index (χ0v) is 48.0. The molecule has 378 valence electrons. The maximum absolute atomic E-state index is 3.09. The van der Waals surface area contributed by atoms with E-state index in [-0.39, 0.29) is 5.41 Å². The van der Waals surface area contributed by atoms with Crippen LogP contribution in [0, 0.1) is 0 Å². The first-order valence-corrected chi connectivity index (χ1v) is 33.4. The minimum atomic E-state index is -3.09. The van der Waals surface area contributed by atoms with Gasteiger partial charge < -0.3 is 4.57 Å². The lowest BCUT2D eigenvalue weighted by atomic mass is 9.82. The van der Waals surface area contributed by atoms with Crippen LogP contribution in [0.3, 0.4) is 0 Å². The number of thiophene rings is 2. The third-order valence-corrected chi connectivity index (χ3v) is 30.0. The van der Waals surface area contributed by atoms with Crippen molar-refractivity contribution < 1.29 is 0 Å². The van der Waals surface area contributed by atoms with Gasteiger partial charge in [0, 0.05) is 62.2 Å². The molecule has 80 heavy (non-hydrogen) atoms. The van der Waals surface area contributed by atoms with Gasteiger partial charge in [-0.15, -0.1) is 22.7 Å². The van der Waals surface area contributed by atoms with E-state index in [0.29, 0.717) is 0 Å². The van der Waals surface area contributed by atoms with Crippen LogP contribution in [0.1, 0.15) is 25.0 Å². The topological polar surface area (TPSA) is 4.93 Å². The van der Waals surface area contributed by atoms with Crippen LogP contribution in [0.15, 0.2) is 285 Å². The fraction of sp³-hybridized carbons (Fsp3) is 0.0400. The first kappa shape index (κ1) is 47.3. The quantitative estimate of drug-likeness (QED) is 0.100. The van der Waals surface area contributed by atoms with Gasteiger partial charge in [0.1, 0.15) is 0 Å². The maximum Gasteiger partial charge on any atom is 0.181 e. The highest BCUT2D eigenvalue weighted by Crippen LogP contribution is 2.51. The van der Waals surface area contributed by atoms with Gasteiger partial charge in [-0.1, -0.05) is 250 Å². The predicted molar refractivity (Wildman–Crippen MR) is 351 cm³/mol. The first-order chi connectivity index (χ1) is 39.4. The Balaban J connectivity index is 0.951. The Labute approximate surface area is 476 Å². The van der Waals surface area contributed by atoms with E-state index in [9.17, 15) is 0 Å². The molecule has 1 nitrogen and oxygen atoms in total. The molecular weight excluding hydrogens is 1040 g/mol. The molecule has 16 rings (SSSR count). The van der Waals surface area contributed by atoms with E-state index in [4.69, 9.17) is 0 Å². The largest absolute Gasteiger partial charge is 0.309 e. The Morgan fingerprint density at radius 3 is 1.46 bits per heavy atom. The Kier molecular flexibility index (Phi) is 10.8. The number of hydrogen-bond acceptors (Lipinski definition) is 2. The van der Waals surface area contributed by atoms with Gasteiger partial charge in [0.15, 0.2) is 16.1 Å². The predicted octanol–water partition coefficient (Wildman–Crippen LogP) is 14.6. The molecular formula is C75H53NS2Si2. The van der Waals surface area contributed by atoms with Crippen LogP contribution >= 0.6 is 22.7 Å². The SMILES string of the molecule is CC1(C)c2ccccc2-c2cc3c4ccccc4n(-c4cccc([Si](c5ccccc5)(c5ccccc5)c5ccc6sc7ccc([Si](c8ccccc8)(c8ccccc8)c8cccc9c8sc8ccccc89)cc7c6c5)c4)c3cc21. The zero-order valence-electron chi connectivity index (χ0n) is 44.4. The summed E-state index contributed by atoms with van der Waals surface area (Å²) >= 11 is 3.87. The highest BCUT2D eigenvalue weighted by Gasteiger charge is 2.45. The van der Waals surface area contributed by atoms with Crippen molar-refractivity contribution in [3.63, 3.8) is 0 Å². The molecule has 0 saturated heterocycles. The molecule has 0 radical (unpaired) electrons. The fourth-order valence-corrected chi connectivity index (χ4v) is 26.7. The van der Waals surface area contributed by atoms with Crippen molar-refractivity contribution in [3.05, 3.63) is 296 Å². The van der Waals surface area contributed by atoms with Crippen molar-refractivity contribution in [2.75, 3.05) is 0 Å². The third-order valence-electron chi connectivity index (χ3n) is 17.9. The number of nitrogens with zero attached hydrogens (tertiary/aromatic N) is 1. The molecule has 0 aliphatic heterocycles. The molecule has 5 heteroatoms. The number of para-hydroxylation sites is 1. The molecule has 3 aromatic heterocycles. The molecule has 0 atom stereocenters. The number of rotatable bonds is 9. The summed E-state index contributed by atoms with van der Waals surface area (Å²) in [6.45, 7) is 4.78. The molecule has 0 spiro atoms. The van der Waals surface area contributed by atoms with E-state index in [2.05, 4.69) is 304 Å². The summed E-state index contributed by atoms with van der Waals surface area (Å²) < 4.78 is 7.87. The summed E-state index contributed by atoms with van der Waals surface area (Å²) in [6.07, 6.45) is 0. The van der Waals surface area contributed by atoms with Crippen LogP contribution in [0.2, 0.25) is 0 Å². The monoisotopic (exact) mass is 1090 g/mol. The highest BCUT2D eigenvalue weighted by molar-refractivity contribution is 7.31. The molecule has 0 saturated carbocycles. The van der Waals surface area contributed by atoms with Gasteiger partial charge in [-0.05, 0) is 112 Å². The van der Waals surface area contributed by atoms with E-state index in [0.717, 1.165) is 0 Å². The first-order valence-electron chi connectivity index (χ1n) is 27.8. The average molecular weight is 1090 g/mol. The van der Waals surface area contributed by atoms with Crippen molar-refractivity contribution in [1.29, 1.82) is 0 Å². The van der Waals surface area contributed by atoms with Crippen molar-refractivity contribution in [3.8, 4) is 16.8 Å². The standard InChI is InChI=1S/C75H53NS2Si2/c1-75(2)66-37-18-15-33-58(66)62-48-63-59-34-16-19-38-68(59)76(69(63)49-67(62)75)50-23-21-32-55(45-50)79(51-24-7-3-8-25-51,52-26-9-4-10-27-52)56-41-43-71-64(46-56)65-47-57(42-44-72(65)77-71)80(53-28-11-5-12-29-53,54-30-13-6-14-31-54)73-40-22-36-61-60-35-17-20-39-70(60)78-74(61)73/h3-49H,1-2H3. The molecule has 0 unspecified atom stereocenters. The van der Waals surface area contributed by atoms with Crippen LogP contribution in [0.25, 0.3) is 79.0 Å². The van der Waals surface area contributed by atoms with Gasteiger partial charge in [-0.2, -0.15) is 0 Å². The smallest absolute Gasteiger partial charge is 0.181 e. The van der Waals surface area contributed by atoms with Crippen LogP contribution in [-0.4, -0.2) is 20.7 Å². The van der Waals surface area contributed by atoms with Crippen molar-refractivity contribution in [2.24, 2.45) is 0 Å². The molecule has 3 heterocycles. The molecule has 1 aliphatic rings. The zero-order chi connectivity index (χ0) is 53.2. The molecule has 0 amide bonds. The van der Waals surface area contributed by atoms with Crippen LogP contribution in [0.5, 0.6) is 0 Å². The molecule has 0 N–H and O–H groups in total. The second-order valence-electron chi connectivity index (χ2n) is 22.3. The minimum Gasteiger partial charge on any atom is -0.309 e. The second-order valence-corrected chi connectivity index (χ2v) is 32.0. The van der Waals surface area contributed by atoms with Gasteiger partial charge in [-0.25, -0.2) is 0 Å². The van der Waals surface area contributed by atoms with Gasteiger partial charge in [0.05, 0.1) is 11.0 Å². The van der Waals surface area contributed by atoms with Crippen LogP contribution in [-0.2, 0) is 5.41 Å². The third kappa shape index (κ3) is 6.79. The lowest BCUT2D eigenvalue weighted by molar-refractivity contribution is 0.661. The van der Waals surface area contributed by atoms with Crippen LogP contribution in [0.4, 0.5) is 0 Å². The van der Waals surface area contributed by atoms with Gasteiger partial charge >= 0.3 is 0 Å². The average Bonchev–Trinajstić information content (AvgIpc) is 4.41. The Bertz CT molecular complexity index is 4840. The highest BCUT2D eigenvalue weighted by atomic mass is 32.1. The molecule has 1 aliphatic carbocycles. The normalized spacial score (nSPS) is 13.2. The Morgan fingerprint density at radius 1 is 0.300 bits per heavy atom. The van der Waals surface area contributed by atoms with Crippen molar-refractivity contribution in [2.45, 2.75) is 19.3 Å². The molecule has 0 bridgehead atoms. The summed E-state index contributed by atoms with van der Waals surface area (Å²) in [5.41, 5.74) is 8.98. The van der Waals surface area contributed by atoms with E-state index in [1.54, 1.807) is 0 Å². The van der Waals surface area contributed by atoms with Gasteiger partial charge in [-0.3, -0.25) is 0 Å². The summed E-state index contributed by atoms with van der Waals surface area (Å²) in [5, 5.41) is 18.9. The summed E-state index contributed by atoms with van der Waals surface area (Å²) in [5.74, 6) is 0. The van der Waals surface area contributed by atoms with Gasteiger partial charge in [0.25, 0.3) is 0 Å². The Morgan fingerprint density at radius 2 is 0.800 bits per heavy atom. The van der Waals surface area contributed by atoms with E-state index in [1.807, 2.05) is 22.7 Å². The second kappa shape index (κ2) is 18.2. The van der Waals surface area contributed by atoms with Crippen molar-refractivity contribution in [1.82, 2.24) is 4.57 Å². The fourth-order valence-electron chi connectivity index (χ4n) is 14.3. The molecule has 0 fully saturated rings. The summed E-state index contributed by atoms with van der Waals surface area (Å²) in [4.78, 5) is 0. The van der Waals surface area contributed by atoms with Crippen LogP contribution < -0.4 is 41.5 Å².